The number of nitrogens with one attached hydrogen (secondary N) is 2. The molecule has 1 aromatic carbocycles. The summed E-state index contributed by atoms with van der Waals surface area (Å²) in [6.07, 6.45) is 1.07. The van der Waals surface area contributed by atoms with Gasteiger partial charge in [-0.3, -0.25) is 0 Å². The van der Waals surface area contributed by atoms with E-state index in [2.05, 4.69) is 65.6 Å². The molecule has 0 aliphatic heterocycles. The molecule has 0 aliphatic rings. The van der Waals surface area contributed by atoms with Crippen molar-refractivity contribution in [3.63, 3.8) is 0 Å². The van der Waals surface area contributed by atoms with Crippen LogP contribution < -0.4 is 10.6 Å². The van der Waals surface area contributed by atoms with E-state index in [1.165, 1.54) is 0 Å². The largest absolute Gasteiger partial charge is 0.370 e. The highest BCUT2D eigenvalue weighted by atomic mass is 15.2. The van der Waals surface area contributed by atoms with Crippen LogP contribution in [0, 0.1) is 0 Å². The van der Waals surface area contributed by atoms with Crippen molar-refractivity contribution in [2.24, 2.45) is 0 Å². The lowest BCUT2D eigenvalue weighted by atomic mass is 10.1. The topological polar surface area (TPSA) is 53.1 Å². The Kier molecular flexibility index (Phi) is 6.35. The van der Waals surface area contributed by atoms with Crippen LogP contribution in [-0.2, 0) is 0 Å². The molecule has 23 heavy (non-hydrogen) atoms. The molecule has 0 amide bonds. The number of nitrogens with zero attached hydrogens (tertiary/aromatic N) is 3. The highest BCUT2D eigenvalue weighted by Crippen LogP contribution is 2.21. The van der Waals surface area contributed by atoms with Crippen molar-refractivity contribution in [2.45, 2.75) is 26.3 Å². The van der Waals surface area contributed by atoms with Crippen molar-refractivity contribution in [2.75, 3.05) is 37.8 Å². The van der Waals surface area contributed by atoms with Gasteiger partial charge in [0.1, 0.15) is 5.82 Å². The molecule has 0 spiro atoms. The highest BCUT2D eigenvalue weighted by Gasteiger charge is 2.07. The fourth-order valence-electron chi connectivity index (χ4n) is 2.23. The minimum atomic E-state index is 0.294. The van der Waals surface area contributed by atoms with Crippen LogP contribution in [-0.4, -0.2) is 48.1 Å². The summed E-state index contributed by atoms with van der Waals surface area (Å²) in [5.41, 5.74) is 2.02. The molecule has 5 nitrogen and oxygen atoms in total. The van der Waals surface area contributed by atoms with Crippen molar-refractivity contribution in [1.82, 2.24) is 14.9 Å². The molecule has 0 bridgehead atoms. The Morgan fingerprint density at radius 2 is 1.83 bits per heavy atom. The molecule has 0 saturated carbocycles. The average Bonchev–Trinajstić information content (AvgIpc) is 2.51. The molecule has 2 N–H and O–H groups in total. The maximum absolute atomic E-state index is 4.63. The SMILES string of the molecule is CC(C)Nc1nc(NCCCN(C)C)cc(-c2ccccc2)n1. The predicted octanol–water partition coefficient (Wildman–Crippen LogP) is 3.33. The van der Waals surface area contributed by atoms with E-state index in [9.17, 15) is 0 Å². The minimum absolute atomic E-state index is 0.294. The summed E-state index contributed by atoms with van der Waals surface area (Å²) in [7, 11) is 4.17. The first kappa shape index (κ1) is 17.2. The molecule has 124 valence electrons. The second kappa shape index (κ2) is 8.48. The van der Waals surface area contributed by atoms with E-state index >= 15 is 0 Å². The molecule has 2 aromatic rings. The first-order chi connectivity index (χ1) is 11.0. The van der Waals surface area contributed by atoms with Crippen LogP contribution in [0.25, 0.3) is 11.3 Å². The van der Waals surface area contributed by atoms with Crippen LogP contribution in [0.3, 0.4) is 0 Å². The Morgan fingerprint density at radius 3 is 2.48 bits per heavy atom. The summed E-state index contributed by atoms with van der Waals surface area (Å²) in [6.45, 7) is 6.12. The second-order valence-corrected chi connectivity index (χ2v) is 6.21. The minimum Gasteiger partial charge on any atom is -0.370 e. The van der Waals surface area contributed by atoms with Gasteiger partial charge in [0.25, 0.3) is 0 Å². The Morgan fingerprint density at radius 1 is 1.09 bits per heavy atom. The number of rotatable bonds is 8. The van der Waals surface area contributed by atoms with Crippen LogP contribution in [0.15, 0.2) is 36.4 Å². The molecule has 0 saturated heterocycles. The van der Waals surface area contributed by atoms with Crippen LogP contribution in [0.2, 0.25) is 0 Å². The highest BCUT2D eigenvalue weighted by molar-refractivity contribution is 5.64. The standard InChI is InChI=1S/C18H27N5/c1-14(2)20-18-21-16(15-9-6-5-7-10-15)13-17(22-18)19-11-8-12-23(3)4/h5-7,9-10,13-14H,8,11-12H2,1-4H3,(H2,19,20,21,22). The van der Waals surface area contributed by atoms with Crippen molar-refractivity contribution >= 4 is 11.8 Å². The van der Waals surface area contributed by atoms with Crippen molar-refractivity contribution in [1.29, 1.82) is 0 Å². The van der Waals surface area contributed by atoms with Crippen LogP contribution >= 0.6 is 0 Å². The first-order valence-electron chi connectivity index (χ1n) is 8.14. The van der Waals surface area contributed by atoms with Crippen LogP contribution in [0.5, 0.6) is 0 Å². The van der Waals surface area contributed by atoms with Crippen LogP contribution in [0.4, 0.5) is 11.8 Å². The van der Waals surface area contributed by atoms with Gasteiger partial charge in [0.15, 0.2) is 0 Å². The van der Waals surface area contributed by atoms with Gasteiger partial charge in [0.05, 0.1) is 5.69 Å². The Hall–Kier alpha value is -2.14. The third-order valence-corrected chi connectivity index (χ3v) is 3.30. The molecule has 0 radical (unpaired) electrons. The molecular formula is C18H27N5. The van der Waals surface area contributed by atoms with E-state index in [1.54, 1.807) is 0 Å². The lowest BCUT2D eigenvalue weighted by Gasteiger charge is -2.14. The van der Waals surface area contributed by atoms with Gasteiger partial charge in [-0.1, -0.05) is 30.3 Å². The van der Waals surface area contributed by atoms with Gasteiger partial charge in [-0.05, 0) is 40.9 Å². The number of aromatic nitrogens is 2. The fourth-order valence-corrected chi connectivity index (χ4v) is 2.23. The summed E-state index contributed by atoms with van der Waals surface area (Å²) in [6, 6.07) is 12.5. The van der Waals surface area contributed by atoms with Crippen LogP contribution in [0.1, 0.15) is 20.3 Å². The third-order valence-electron chi connectivity index (χ3n) is 3.30. The Labute approximate surface area is 139 Å². The lowest BCUT2D eigenvalue weighted by Crippen LogP contribution is -2.17. The Balaban J connectivity index is 2.16. The van der Waals surface area contributed by atoms with Gasteiger partial charge >= 0.3 is 0 Å². The Bertz CT molecular complexity index is 596. The van der Waals surface area contributed by atoms with E-state index in [1.807, 2.05) is 24.3 Å². The van der Waals surface area contributed by atoms with E-state index < -0.39 is 0 Å². The molecular weight excluding hydrogens is 286 g/mol. The number of anilines is 2. The van der Waals surface area contributed by atoms with E-state index in [0.29, 0.717) is 12.0 Å². The van der Waals surface area contributed by atoms with E-state index in [0.717, 1.165) is 36.6 Å². The summed E-state index contributed by atoms with van der Waals surface area (Å²) < 4.78 is 0. The van der Waals surface area contributed by atoms with Gasteiger partial charge in [-0.25, -0.2) is 4.98 Å². The second-order valence-electron chi connectivity index (χ2n) is 6.21. The number of benzene rings is 1. The quantitative estimate of drug-likeness (QED) is 0.732. The normalized spacial score (nSPS) is 11.0. The lowest BCUT2D eigenvalue weighted by molar-refractivity contribution is 0.405. The monoisotopic (exact) mass is 313 g/mol. The number of hydrogen-bond acceptors (Lipinski definition) is 5. The zero-order valence-corrected chi connectivity index (χ0v) is 14.5. The molecule has 2 rings (SSSR count). The van der Waals surface area contributed by atoms with Crippen molar-refractivity contribution < 1.29 is 0 Å². The molecule has 5 heteroatoms. The molecule has 0 fully saturated rings. The van der Waals surface area contributed by atoms with E-state index in [-0.39, 0.29) is 0 Å². The van der Waals surface area contributed by atoms with Gasteiger partial charge in [0, 0.05) is 24.2 Å². The zero-order valence-electron chi connectivity index (χ0n) is 14.5. The molecule has 1 aromatic heterocycles. The smallest absolute Gasteiger partial charge is 0.225 e. The maximum Gasteiger partial charge on any atom is 0.225 e. The van der Waals surface area contributed by atoms with E-state index in [4.69, 9.17) is 0 Å². The predicted molar refractivity (Wildman–Crippen MR) is 97.9 cm³/mol. The molecule has 0 aliphatic carbocycles. The molecule has 0 atom stereocenters. The number of hydrogen-bond donors (Lipinski definition) is 2. The third kappa shape index (κ3) is 5.87. The maximum atomic E-state index is 4.63. The average molecular weight is 313 g/mol. The summed E-state index contributed by atoms with van der Waals surface area (Å²) in [5, 5.41) is 6.70. The summed E-state index contributed by atoms with van der Waals surface area (Å²) in [5.74, 6) is 1.53. The fraction of sp³-hybridized carbons (Fsp3) is 0.444. The first-order valence-corrected chi connectivity index (χ1v) is 8.14. The van der Waals surface area contributed by atoms with Crippen molar-refractivity contribution in [3.8, 4) is 11.3 Å². The van der Waals surface area contributed by atoms with Crippen molar-refractivity contribution in [3.05, 3.63) is 36.4 Å². The van der Waals surface area contributed by atoms with Gasteiger partial charge in [0.2, 0.25) is 5.95 Å². The van der Waals surface area contributed by atoms with Gasteiger partial charge in [-0.15, -0.1) is 0 Å². The van der Waals surface area contributed by atoms with Gasteiger partial charge < -0.3 is 15.5 Å². The molecule has 0 unspecified atom stereocenters. The van der Waals surface area contributed by atoms with Gasteiger partial charge in [-0.2, -0.15) is 4.98 Å². The molecule has 1 heterocycles. The zero-order chi connectivity index (χ0) is 16.7. The summed E-state index contributed by atoms with van der Waals surface area (Å²) >= 11 is 0. The summed E-state index contributed by atoms with van der Waals surface area (Å²) in [4.78, 5) is 11.4.